The Morgan fingerprint density at radius 1 is 1.43 bits per heavy atom. The number of halogens is 1. The highest BCUT2D eigenvalue weighted by atomic mass is 35.5. The molecular formula is C16H22ClN3O. The average molecular weight is 308 g/mol. The summed E-state index contributed by atoms with van der Waals surface area (Å²) in [5.41, 5.74) is 3.73. The predicted octanol–water partition coefficient (Wildman–Crippen LogP) is 2.31. The molecule has 2 heterocycles. The van der Waals surface area contributed by atoms with E-state index in [-0.39, 0.29) is 24.4 Å². The number of aromatic nitrogens is 1. The standard InChI is InChI=1S/C16H21N3O.ClH/c1-11-4-2-5-13-15(11)12(10-19-13)7-9-18-16(20)14-6-3-8-17-14;/h2,4-5,10,14,17,19H,3,6-9H2,1H3,(H,18,20);1H. The summed E-state index contributed by atoms with van der Waals surface area (Å²) in [6.45, 7) is 3.78. The van der Waals surface area contributed by atoms with Crippen molar-refractivity contribution < 1.29 is 4.79 Å². The maximum Gasteiger partial charge on any atom is 0.237 e. The molecule has 0 spiro atoms. The lowest BCUT2D eigenvalue weighted by Crippen LogP contribution is -2.41. The lowest BCUT2D eigenvalue weighted by atomic mass is 10.1. The number of hydrogen-bond acceptors (Lipinski definition) is 2. The van der Waals surface area contributed by atoms with E-state index in [4.69, 9.17) is 0 Å². The molecular weight excluding hydrogens is 286 g/mol. The Bertz CT molecular complexity index is 617. The normalized spacial score (nSPS) is 17.7. The number of carbonyl (C=O) groups is 1. The van der Waals surface area contributed by atoms with E-state index in [0.29, 0.717) is 6.54 Å². The van der Waals surface area contributed by atoms with Crippen molar-refractivity contribution >= 4 is 29.2 Å². The second-order valence-electron chi connectivity index (χ2n) is 5.50. The first-order valence-electron chi connectivity index (χ1n) is 7.32. The molecule has 1 amide bonds. The molecule has 1 aromatic heterocycles. The van der Waals surface area contributed by atoms with Crippen LogP contribution in [0.1, 0.15) is 24.0 Å². The molecule has 1 aromatic carbocycles. The maximum absolute atomic E-state index is 11.9. The fourth-order valence-corrected chi connectivity index (χ4v) is 3.00. The topological polar surface area (TPSA) is 56.9 Å². The van der Waals surface area contributed by atoms with E-state index in [1.165, 1.54) is 22.0 Å². The number of aryl methyl sites for hydroxylation is 1. The van der Waals surface area contributed by atoms with Crippen LogP contribution in [0.4, 0.5) is 0 Å². The lowest BCUT2D eigenvalue weighted by Gasteiger charge is -2.10. The van der Waals surface area contributed by atoms with E-state index in [0.717, 1.165) is 25.8 Å². The molecule has 3 rings (SSSR count). The monoisotopic (exact) mass is 307 g/mol. The molecule has 1 aliphatic heterocycles. The second kappa shape index (κ2) is 6.96. The van der Waals surface area contributed by atoms with Crippen molar-refractivity contribution in [2.24, 2.45) is 0 Å². The van der Waals surface area contributed by atoms with Crippen molar-refractivity contribution in [3.8, 4) is 0 Å². The van der Waals surface area contributed by atoms with E-state index >= 15 is 0 Å². The summed E-state index contributed by atoms with van der Waals surface area (Å²) in [5, 5.41) is 7.54. The number of amides is 1. The number of carbonyl (C=O) groups excluding carboxylic acids is 1. The Kier molecular flexibility index (Phi) is 5.26. The first-order valence-corrected chi connectivity index (χ1v) is 7.32. The molecule has 1 unspecified atom stereocenters. The summed E-state index contributed by atoms with van der Waals surface area (Å²) in [6, 6.07) is 6.29. The number of benzene rings is 1. The first kappa shape index (κ1) is 15.9. The van der Waals surface area contributed by atoms with Crippen LogP contribution >= 0.6 is 12.4 Å². The van der Waals surface area contributed by atoms with Gasteiger partial charge in [0.2, 0.25) is 5.91 Å². The third kappa shape index (κ3) is 3.39. The number of H-pyrrole nitrogens is 1. The van der Waals surface area contributed by atoms with Crippen LogP contribution < -0.4 is 10.6 Å². The van der Waals surface area contributed by atoms with Gasteiger partial charge in [-0.25, -0.2) is 0 Å². The fourth-order valence-electron chi connectivity index (χ4n) is 3.00. The summed E-state index contributed by atoms with van der Waals surface area (Å²) >= 11 is 0. The van der Waals surface area contributed by atoms with E-state index in [2.05, 4.69) is 46.9 Å². The summed E-state index contributed by atoms with van der Waals surface area (Å²) in [5.74, 6) is 0.138. The minimum Gasteiger partial charge on any atom is -0.361 e. The fraction of sp³-hybridized carbons (Fsp3) is 0.438. The third-order valence-electron chi connectivity index (χ3n) is 4.07. The molecule has 2 aromatic rings. The second-order valence-corrected chi connectivity index (χ2v) is 5.50. The Balaban J connectivity index is 0.00000161. The van der Waals surface area contributed by atoms with Crippen LogP contribution in [0.2, 0.25) is 0 Å². The molecule has 1 atom stereocenters. The third-order valence-corrected chi connectivity index (χ3v) is 4.07. The van der Waals surface area contributed by atoms with Gasteiger partial charge < -0.3 is 15.6 Å². The summed E-state index contributed by atoms with van der Waals surface area (Å²) in [7, 11) is 0. The quantitative estimate of drug-likeness (QED) is 0.812. The molecule has 0 radical (unpaired) electrons. The van der Waals surface area contributed by atoms with Crippen molar-refractivity contribution in [1.29, 1.82) is 0 Å². The van der Waals surface area contributed by atoms with Gasteiger partial charge in [0.25, 0.3) is 0 Å². The smallest absolute Gasteiger partial charge is 0.237 e. The largest absolute Gasteiger partial charge is 0.361 e. The highest BCUT2D eigenvalue weighted by Gasteiger charge is 2.21. The molecule has 0 aliphatic carbocycles. The van der Waals surface area contributed by atoms with Gasteiger partial charge in [0.05, 0.1) is 6.04 Å². The minimum absolute atomic E-state index is 0. The number of rotatable bonds is 4. The van der Waals surface area contributed by atoms with Crippen LogP contribution in [0.3, 0.4) is 0 Å². The highest BCUT2D eigenvalue weighted by molar-refractivity contribution is 5.86. The lowest BCUT2D eigenvalue weighted by molar-refractivity contribution is -0.122. The van der Waals surface area contributed by atoms with Gasteiger partial charge in [-0.3, -0.25) is 4.79 Å². The SMILES string of the molecule is Cc1cccc2[nH]cc(CCNC(=O)C3CCCN3)c12.Cl. The molecule has 1 aliphatic rings. The van der Waals surface area contributed by atoms with Gasteiger partial charge in [0.15, 0.2) is 0 Å². The molecule has 1 fully saturated rings. The van der Waals surface area contributed by atoms with Crippen LogP contribution in [0.5, 0.6) is 0 Å². The molecule has 3 N–H and O–H groups in total. The number of nitrogens with one attached hydrogen (secondary N) is 3. The van der Waals surface area contributed by atoms with Gasteiger partial charge in [0.1, 0.15) is 0 Å². The summed E-state index contributed by atoms with van der Waals surface area (Å²) < 4.78 is 0. The molecule has 0 bridgehead atoms. The van der Waals surface area contributed by atoms with Crippen molar-refractivity contribution in [2.45, 2.75) is 32.2 Å². The van der Waals surface area contributed by atoms with Crippen LogP contribution in [0.25, 0.3) is 10.9 Å². The van der Waals surface area contributed by atoms with Gasteiger partial charge in [-0.15, -0.1) is 12.4 Å². The predicted molar refractivity (Wildman–Crippen MR) is 88.0 cm³/mol. The van der Waals surface area contributed by atoms with E-state index in [1.54, 1.807) is 0 Å². The van der Waals surface area contributed by atoms with Gasteiger partial charge in [0, 0.05) is 23.6 Å². The van der Waals surface area contributed by atoms with Crippen molar-refractivity contribution in [2.75, 3.05) is 13.1 Å². The van der Waals surface area contributed by atoms with Crippen LogP contribution in [0, 0.1) is 6.92 Å². The molecule has 0 saturated carbocycles. The first-order chi connectivity index (χ1) is 9.75. The number of hydrogen-bond donors (Lipinski definition) is 3. The van der Waals surface area contributed by atoms with Crippen LogP contribution in [-0.4, -0.2) is 30.0 Å². The van der Waals surface area contributed by atoms with E-state index < -0.39 is 0 Å². The highest BCUT2D eigenvalue weighted by Crippen LogP contribution is 2.22. The zero-order valence-electron chi connectivity index (χ0n) is 12.2. The Morgan fingerprint density at radius 2 is 2.29 bits per heavy atom. The zero-order chi connectivity index (χ0) is 13.9. The summed E-state index contributed by atoms with van der Waals surface area (Å²) in [4.78, 5) is 15.2. The van der Waals surface area contributed by atoms with Gasteiger partial charge in [-0.05, 0) is 49.9 Å². The molecule has 114 valence electrons. The van der Waals surface area contributed by atoms with E-state index in [9.17, 15) is 4.79 Å². The van der Waals surface area contributed by atoms with Gasteiger partial charge >= 0.3 is 0 Å². The van der Waals surface area contributed by atoms with Crippen molar-refractivity contribution in [3.05, 3.63) is 35.5 Å². The Morgan fingerprint density at radius 3 is 3.05 bits per heavy atom. The van der Waals surface area contributed by atoms with Gasteiger partial charge in [-0.1, -0.05) is 12.1 Å². The van der Waals surface area contributed by atoms with E-state index in [1.807, 2.05) is 0 Å². The molecule has 5 heteroatoms. The van der Waals surface area contributed by atoms with Crippen molar-refractivity contribution in [3.63, 3.8) is 0 Å². The van der Waals surface area contributed by atoms with Crippen LogP contribution in [0.15, 0.2) is 24.4 Å². The zero-order valence-corrected chi connectivity index (χ0v) is 13.1. The molecule has 4 nitrogen and oxygen atoms in total. The molecule has 21 heavy (non-hydrogen) atoms. The minimum atomic E-state index is 0. The Labute approximate surface area is 131 Å². The van der Waals surface area contributed by atoms with Crippen molar-refractivity contribution in [1.82, 2.24) is 15.6 Å². The van der Waals surface area contributed by atoms with Gasteiger partial charge in [-0.2, -0.15) is 0 Å². The maximum atomic E-state index is 11.9. The average Bonchev–Trinajstić information content (AvgIpc) is 3.08. The summed E-state index contributed by atoms with van der Waals surface area (Å²) in [6.07, 6.45) is 4.97. The van der Waals surface area contributed by atoms with Crippen LogP contribution in [-0.2, 0) is 11.2 Å². The number of fused-ring (bicyclic) bond motifs is 1. The Hall–Kier alpha value is -1.52. The molecule has 1 saturated heterocycles. The number of aromatic amines is 1.